The lowest BCUT2D eigenvalue weighted by atomic mass is 9.61. The average Bonchev–Trinajstić information content (AvgIpc) is 2.40. The first-order valence-electron chi connectivity index (χ1n) is 5.25. The second-order valence-corrected chi connectivity index (χ2v) is 4.81. The predicted molar refractivity (Wildman–Crippen MR) is 50.7 cm³/mol. The first-order valence-corrected chi connectivity index (χ1v) is 5.25. The molecule has 0 unspecified atom stereocenters. The second-order valence-electron chi connectivity index (χ2n) is 4.81. The first kappa shape index (κ1) is 9.84. The molecule has 0 radical (unpaired) electrons. The first-order chi connectivity index (χ1) is 6.54. The summed E-state index contributed by atoms with van der Waals surface area (Å²) in [5.74, 6) is -0.209. The molecular weight excluding hydrogens is 180 g/mol. The van der Waals surface area contributed by atoms with Crippen molar-refractivity contribution >= 4 is 12.1 Å². The largest absolute Gasteiger partial charge is 0.388 e. The molecule has 78 valence electrons. The van der Waals surface area contributed by atoms with Crippen LogP contribution in [0.2, 0.25) is 0 Å². The van der Waals surface area contributed by atoms with Crippen molar-refractivity contribution in [2.45, 2.75) is 44.6 Å². The van der Waals surface area contributed by atoms with E-state index in [1.165, 1.54) is 0 Å². The Labute approximate surface area is 83.5 Å². The van der Waals surface area contributed by atoms with Crippen molar-refractivity contribution in [3.8, 4) is 0 Å². The Kier molecular flexibility index (Phi) is 2.03. The molecule has 2 aliphatic rings. The lowest BCUT2D eigenvalue weighted by molar-refractivity contribution is -0.155. The Balaban J connectivity index is 2.41. The SMILES string of the molecule is C[C@]12CCC[C@@H](C=O)[C@@]1(O)CCC2=O. The summed E-state index contributed by atoms with van der Waals surface area (Å²) in [6.07, 6.45) is 4.04. The number of rotatable bonds is 1. The van der Waals surface area contributed by atoms with Crippen LogP contribution in [0.1, 0.15) is 39.0 Å². The number of hydrogen-bond donors (Lipinski definition) is 1. The molecule has 3 atom stereocenters. The van der Waals surface area contributed by atoms with E-state index in [-0.39, 0.29) is 11.7 Å². The standard InChI is InChI=1S/C11H16O3/c1-10-5-2-3-8(7-12)11(10,14)6-4-9(10)13/h7-8,14H,2-6H2,1H3/t8-,10+,11-/m0/s1. The molecular formula is C11H16O3. The highest BCUT2D eigenvalue weighted by atomic mass is 16.3. The van der Waals surface area contributed by atoms with Gasteiger partial charge in [0.25, 0.3) is 0 Å². The third kappa shape index (κ3) is 0.962. The molecule has 14 heavy (non-hydrogen) atoms. The number of hydrogen-bond acceptors (Lipinski definition) is 3. The third-order valence-electron chi connectivity index (χ3n) is 4.27. The van der Waals surface area contributed by atoms with Gasteiger partial charge in [-0.15, -0.1) is 0 Å². The fourth-order valence-electron chi connectivity index (χ4n) is 3.14. The highest BCUT2D eigenvalue weighted by molar-refractivity contribution is 5.89. The van der Waals surface area contributed by atoms with E-state index >= 15 is 0 Å². The molecule has 0 aromatic carbocycles. The van der Waals surface area contributed by atoms with Gasteiger partial charge in [-0.2, -0.15) is 0 Å². The molecule has 3 nitrogen and oxygen atoms in total. The van der Waals surface area contributed by atoms with Gasteiger partial charge in [0.05, 0.1) is 11.0 Å². The minimum Gasteiger partial charge on any atom is -0.388 e. The second kappa shape index (κ2) is 2.89. The monoisotopic (exact) mass is 196 g/mol. The molecule has 3 heteroatoms. The summed E-state index contributed by atoms with van der Waals surface area (Å²) in [5.41, 5.74) is -1.71. The Morgan fingerprint density at radius 3 is 2.86 bits per heavy atom. The number of ketones is 1. The maximum Gasteiger partial charge on any atom is 0.141 e. The van der Waals surface area contributed by atoms with Gasteiger partial charge in [0, 0.05) is 12.3 Å². The molecule has 2 rings (SSSR count). The zero-order valence-electron chi connectivity index (χ0n) is 8.45. The minimum absolute atomic E-state index is 0.131. The predicted octanol–water partition coefficient (Wildman–Crippen LogP) is 1.09. The van der Waals surface area contributed by atoms with Gasteiger partial charge in [0.15, 0.2) is 0 Å². The number of aliphatic hydroxyl groups is 1. The lowest BCUT2D eigenvalue weighted by Gasteiger charge is -2.45. The summed E-state index contributed by atoms with van der Waals surface area (Å²) in [7, 11) is 0. The minimum atomic E-state index is -1.05. The summed E-state index contributed by atoms with van der Waals surface area (Å²) < 4.78 is 0. The summed E-state index contributed by atoms with van der Waals surface area (Å²) in [5, 5.41) is 10.4. The van der Waals surface area contributed by atoms with Gasteiger partial charge in [0.1, 0.15) is 12.1 Å². The molecule has 0 saturated heterocycles. The third-order valence-corrected chi connectivity index (χ3v) is 4.27. The fourth-order valence-corrected chi connectivity index (χ4v) is 3.14. The van der Waals surface area contributed by atoms with Gasteiger partial charge in [-0.25, -0.2) is 0 Å². The summed E-state index contributed by atoms with van der Waals surface area (Å²) in [6.45, 7) is 1.82. The normalized spacial score (nSPS) is 47.6. The topological polar surface area (TPSA) is 54.4 Å². The maximum atomic E-state index is 11.7. The molecule has 2 saturated carbocycles. The van der Waals surface area contributed by atoms with Crippen LogP contribution < -0.4 is 0 Å². The number of fused-ring (bicyclic) bond motifs is 1. The summed E-state index contributed by atoms with van der Waals surface area (Å²) >= 11 is 0. The van der Waals surface area contributed by atoms with Crippen LogP contribution in [0.5, 0.6) is 0 Å². The Bertz CT molecular complexity index is 286. The zero-order valence-corrected chi connectivity index (χ0v) is 8.45. The Hall–Kier alpha value is -0.700. The van der Waals surface area contributed by atoms with E-state index in [0.29, 0.717) is 12.8 Å². The van der Waals surface area contributed by atoms with E-state index in [1.807, 2.05) is 6.92 Å². The average molecular weight is 196 g/mol. The molecule has 0 aliphatic heterocycles. The molecule has 0 amide bonds. The van der Waals surface area contributed by atoms with Crippen molar-refractivity contribution in [1.82, 2.24) is 0 Å². The zero-order chi connectivity index (χ0) is 10.4. The lowest BCUT2D eigenvalue weighted by Crippen LogP contribution is -2.54. The van der Waals surface area contributed by atoms with Crippen LogP contribution in [-0.2, 0) is 9.59 Å². The van der Waals surface area contributed by atoms with Crippen molar-refractivity contribution in [2.75, 3.05) is 0 Å². The van der Waals surface area contributed by atoms with Gasteiger partial charge in [-0.1, -0.05) is 6.42 Å². The summed E-state index contributed by atoms with van der Waals surface area (Å²) in [4.78, 5) is 22.6. The van der Waals surface area contributed by atoms with Crippen LogP contribution in [0.15, 0.2) is 0 Å². The van der Waals surface area contributed by atoms with Gasteiger partial charge in [-0.05, 0) is 26.2 Å². The van der Waals surface area contributed by atoms with Gasteiger partial charge in [-0.3, -0.25) is 4.79 Å². The molecule has 0 spiro atoms. The molecule has 1 N–H and O–H groups in total. The van der Waals surface area contributed by atoms with Gasteiger partial charge in [0.2, 0.25) is 0 Å². The number of aldehydes is 1. The van der Waals surface area contributed by atoms with E-state index in [4.69, 9.17) is 0 Å². The Morgan fingerprint density at radius 2 is 2.21 bits per heavy atom. The number of carbonyl (C=O) groups excluding carboxylic acids is 2. The molecule has 2 fully saturated rings. The van der Waals surface area contributed by atoms with Crippen LogP contribution in [0.25, 0.3) is 0 Å². The van der Waals surface area contributed by atoms with Gasteiger partial charge >= 0.3 is 0 Å². The van der Waals surface area contributed by atoms with Crippen molar-refractivity contribution in [2.24, 2.45) is 11.3 Å². The highest BCUT2D eigenvalue weighted by Gasteiger charge is 2.61. The van der Waals surface area contributed by atoms with E-state index < -0.39 is 11.0 Å². The van der Waals surface area contributed by atoms with E-state index in [2.05, 4.69) is 0 Å². The summed E-state index contributed by atoms with van der Waals surface area (Å²) in [6, 6.07) is 0. The van der Waals surface area contributed by atoms with Crippen LogP contribution in [-0.4, -0.2) is 22.8 Å². The van der Waals surface area contributed by atoms with Crippen LogP contribution in [0.3, 0.4) is 0 Å². The Morgan fingerprint density at radius 1 is 1.50 bits per heavy atom. The van der Waals surface area contributed by atoms with Crippen LogP contribution in [0.4, 0.5) is 0 Å². The van der Waals surface area contributed by atoms with E-state index in [9.17, 15) is 14.7 Å². The quantitative estimate of drug-likeness (QED) is 0.638. The maximum absolute atomic E-state index is 11.7. The van der Waals surface area contributed by atoms with Gasteiger partial charge < -0.3 is 9.90 Å². The van der Waals surface area contributed by atoms with E-state index in [1.54, 1.807) is 0 Å². The fraction of sp³-hybridized carbons (Fsp3) is 0.818. The van der Waals surface area contributed by atoms with Crippen molar-refractivity contribution in [3.05, 3.63) is 0 Å². The molecule has 2 aliphatic carbocycles. The number of carbonyl (C=O) groups is 2. The molecule has 0 heterocycles. The highest BCUT2D eigenvalue weighted by Crippen LogP contribution is 2.54. The molecule has 0 bridgehead atoms. The molecule has 0 aromatic heterocycles. The van der Waals surface area contributed by atoms with Crippen LogP contribution in [0, 0.1) is 11.3 Å². The van der Waals surface area contributed by atoms with Crippen molar-refractivity contribution < 1.29 is 14.7 Å². The smallest absolute Gasteiger partial charge is 0.141 e. The number of Topliss-reactive ketones (excluding diaryl/α,β-unsaturated/α-hetero) is 1. The molecule has 0 aromatic rings. The van der Waals surface area contributed by atoms with E-state index in [0.717, 1.165) is 25.5 Å². The van der Waals surface area contributed by atoms with Crippen molar-refractivity contribution in [1.29, 1.82) is 0 Å². The van der Waals surface area contributed by atoms with Crippen molar-refractivity contribution in [3.63, 3.8) is 0 Å². The van der Waals surface area contributed by atoms with Crippen LogP contribution >= 0.6 is 0 Å².